The van der Waals surface area contributed by atoms with E-state index in [1.807, 2.05) is 0 Å². The van der Waals surface area contributed by atoms with Gasteiger partial charge >= 0.3 is 25.7 Å². The van der Waals surface area contributed by atoms with Gasteiger partial charge in [-0.05, 0) is 83.5 Å². The quantitative estimate of drug-likeness (QED) is 0.0197. The maximum Gasteiger partial charge on any atom is 0.472 e. The number of esters is 3. The Hall–Kier alpha value is -3.08. The number of aliphatic hydroxyl groups is 1. The molecule has 0 aromatic rings. The van der Waals surface area contributed by atoms with E-state index in [9.17, 15) is 28.9 Å². The molecule has 0 saturated carbocycles. The van der Waals surface area contributed by atoms with Crippen LogP contribution in [0.15, 0.2) is 72.9 Å². The van der Waals surface area contributed by atoms with Crippen molar-refractivity contribution in [2.45, 2.75) is 303 Å². The van der Waals surface area contributed by atoms with Crippen LogP contribution in [0.5, 0.6) is 0 Å². The number of allylic oxidation sites excluding steroid dienone is 12. The molecule has 0 spiro atoms. The minimum atomic E-state index is -4.76. The number of rotatable bonds is 59. The van der Waals surface area contributed by atoms with Gasteiger partial charge in [0.2, 0.25) is 0 Å². The van der Waals surface area contributed by atoms with E-state index in [4.69, 9.17) is 23.3 Å². The Bertz CT molecular complexity index is 1590. The SMILES string of the molecule is CC/C=C\C/C=C\C/C=C\CCCCCCCCCC(=O)OC(COC(=O)CCCCCCCCCCCCCCCCCCCCC)COP(=O)(O)OCC(CO)OC(=O)CCCCCCC/C=C\C/C=C\C/C=C\CC. The van der Waals surface area contributed by atoms with Crippen LogP contribution in [0.4, 0.5) is 0 Å². The first-order valence-corrected chi connectivity index (χ1v) is 33.3. The van der Waals surface area contributed by atoms with E-state index in [2.05, 4.69) is 93.7 Å². The third-order valence-corrected chi connectivity index (χ3v) is 14.6. The predicted octanol–water partition coefficient (Wildman–Crippen LogP) is 19.3. The topological polar surface area (TPSA) is 155 Å². The van der Waals surface area contributed by atoms with Gasteiger partial charge in [0.05, 0.1) is 19.8 Å². The van der Waals surface area contributed by atoms with Crippen LogP contribution in [-0.4, -0.2) is 66.5 Å². The zero-order chi connectivity index (χ0) is 56.9. The van der Waals surface area contributed by atoms with Gasteiger partial charge in [-0.25, -0.2) is 4.57 Å². The lowest BCUT2D eigenvalue weighted by Crippen LogP contribution is -2.30. The number of unbranched alkanes of at least 4 members (excludes halogenated alkanes) is 30. The van der Waals surface area contributed by atoms with Gasteiger partial charge in [0, 0.05) is 19.3 Å². The van der Waals surface area contributed by atoms with Crippen LogP contribution < -0.4 is 0 Å². The van der Waals surface area contributed by atoms with Crippen molar-refractivity contribution in [3.05, 3.63) is 72.9 Å². The molecule has 0 fully saturated rings. The molecule has 3 atom stereocenters. The number of hydrogen-bond donors (Lipinski definition) is 2. The lowest BCUT2D eigenvalue weighted by molar-refractivity contribution is -0.161. The molecular weight excluding hydrogens is 1000 g/mol. The van der Waals surface area contributed by atoms with Crippen molar-refractivity contribution in [2.75, 3.05) is 26.4 Å². The van der Waals surface area contributed by atoms with E-state index in [0.29, 0.717) is 19.3 Å². The molecule has 0 aromatic heterocycles. The summed E-state index contributed by atoms with van der Waals surface area (Å²) in [5, 5.41) is 9.84. The van der Waals surface area contributed by atoms with Crippen LogP contribution in [0.3, 0.4) is 0 Å². The smallest absolute Gasteiger partial charge is 0.462 e. The summed E-state index contributed by atoms with van der Waals surface area (Å²) in [7, 11) is -4.76. The maximum atomic E-state index is 12.9. The number of phosphoric ester groups is 1. The first-order chi connectivity index (χ1) is 38.2. The molecule has 3 unspecified atom stereocenters. The highest BCUT2D eigenvalue weighted by molar-refractivity contribution is 7.47. The molecule has 0 radical (unpaired) electrons. The fraction of sp³-hybridized carbons (Fsp3) is 0.773. The van der Waals surface area contributed by atoms with E-state index in [0.717, 1.165) is 128 Å². The summed E-state index contributed by atoms with van der Waals surface area (Å²) in [6, 6.07) is 0. The zero-order valence-corrected chi connectivity index (χ0v) is 51.0. The summed E-state index contributed by atoms with van der Waals surface area (Å²) in [6.45, 7) is 4.44. The van der Waals surface area contributed by atoms with Gasteiger partial charge in [0.25, 0.3) is 0 Å². The Morgan fingerprint density at radius 2 is 0.667 bits per heavy atom. The van der Waals surface area contributed by atoms with Crippen molar-refractivity contribution in [3.8, 4) is 0 Å². The van der Waals surface area contributed by atoms with E-state index in [1.165, 1.54) is 103 Å². The molecule has 0 aliphatic carbocycles. The van der Waals surface area contributed by atoms with Gasteiger partial charge in [0.15, 0.2) is 6.10 Å². The highest BCUT2D eigenvalue weighted by Crippen LogP contribution is 2.43. The molecule has 12 heteroatoms. The molecule has 0 amide bonds. The Kier molecular flexibility index (Phi) is 57.7. The summed E-state index contributed by atoms with van der Waals surface area (Å²) in [4.78, 5) is 48.7. The first kappa shape index (κ1) is 74.9. The molecule has 78 heavy (non-hydrogen) atoms. The number of aliphatic hydroxyl groups excluding tert-OH is 1. The third kappa shape index (κ3) is 57.6. The molecular formula is C66H117O11P. The summed E-state index contributed by atoms with van der Waals surface area (Å²) in [6.07, 6.45) is 68.5. The minimum Gasteiger partial charge on any atom is -0.462 e. The Morgan fingerprint density at radius 1 is 0.372 bits per heavy atom. The normalized spacial score (nSPS) is 13.8. The van der Waals surface area contributed by atoms with Crippen molar-refractivity contribution in [2.24, 2.45) is 0 Å². The van der Waals surface area contributed by atoms with E-state index in [1.54, 1.807) is 0 Å². The monoisotopic (exact) mass is 1120 g/mol. The van der Waals surface area contributed by atoms with Crippen LogP contribution >= 0.6 is 7.82 Å². The molecule has 0 aliphatic rings. The molecule has 0 rings (SSSR count). The van der Waals surface area contributed by atoms with E-state index in [-0.39, 0.29) is 25.9 Å². The van der Waals surface area contributed by atoms with Gasteiger partial charge in [-0.15, -0.1) is 0 Å². The molecule has 0 heterocycles. The number of ether oxygens (including phenoxy) is 3. The van der Waals surface area contributed by atoms with Gasteiger partial charge in [-0.1, -0.05) is 261 Å². The van der Waals surface area contributed by atoms with Crippen LogP contribution in [0.1, 0.15) is 290 Å². The van der Waals surface area contributed by atoms with E-state index < -0.39 is 57.8 Å². The Labute approximate surface area is 478 Å². The second-order valence-corrected chi connectivity index (χ2v) is 22.6. The summed E-state index contributed by atoms with van der Waals surface area (Å²) in [5.41, 5.74) is 0. The zero-order valence-electron chi connectivity index (χ0n) is 50.1. The largest absolute Gasteiger partial charge is 0.472 e. The molecule has 452 valence electrons. The second-order valence-electron chi connectivity index (χ2n) is 21.2. The lowest BCUT2D eigenvalue weighted by atomic mass is 10.0. The molecule has 0 aliphatic heterocycles. The number of hydrogen-bond acceptors (Lipinski definition) is 10. The molecule has 11 nitrogen and oxygen atoms in total. The van der Waals surface area contributed by atoms with Crippen LogP contribution in [0.25, 0.3) is 0 Å². The van der Waals surface area contributed by atoms with Crippen LogP contribution in [0, 0.1) is 0 Å². The highest BCUT2D eigenvalue weighted by atomic mass is 31.2. The Balaban J connectivity index is 4.70. The molecule has 0 bridgehead atoms. The Morgan fingerprint density at radius 3 is 1.03 bits per heavy atom. The molecule has 2 N–H and O–H groups in total. The minimum absolute atomic E-state index is 0.155. The van der Waals surface area contributed by atoms with Gasteiger partial charge in [0.1, 0.15) is 12.7 Å². The van der Waals surface area contributed by atoms with Crippen molar-refractivity contribution in [3.63, 3.8) is 0 Å². The average Bonchev–Trinajstić information content (AvgIpc) is 3.43. The molecule has 0 aromatic carbocycles. The first-order valence-electron chi connectivity index (χ1n) is 31.8. The standard InChI is InChI=1S/C66H117O11P/c1-4-7-10-13-16-19-22-25-28-30-31-33-35-37-40-43-46-49-52-55-64(68)73-59-63(77-66(70)57-54-51-48-45-42-39-36-32-29-26-23-20-17-14-11-8-5-2)61-75-78(71,72)74-60-62(58-67)76-65(69)56-53-50-47-44-41-38-34-27-24-21-18-15-12-9-6-3/h8-9,11-12,17-18,20-21,26-27,29,34,62-63,67H,4-7,10,13-16,19,22-25,28,30-33,35-61H2,1-3H3,(H,71,72)/b11-8-,12-9-,20-17-,21-18-,29-26-,34-27-. The fourth-order valence-corrected chi connectivity index (χ4v) is 9.64. The molecule has 0 saturated heterocycles. The predicted molar refractivity (Wildman–Crippen MR) is 325 cm³/mol. The lowest BCUT2D eigenvalue weighted by Gasteiger charge is -2.21. The second kappa shape index (κ2) is 60.0. The highest BCUT2D eigenvalue weighted by Gasteiger charge is 2.28. The maximum absolute atomic E-state index is 12.9. The van der Waals surface area contributed by atoms with Crippen molar-refractivity contribution in [1.82, 2.24) is 0 Å². The summed E-state index contributed by atoms with van der Waals surface area (Å²) < 4.78 is 39.7. The van der Waals surface area contributed by atoms with E-state index >= 15 is 0 Å². The van der Waals surface area contributed by atoms with Gasteiger partial charge < -0.3 is 24.2 Å². The number of phosphoric acid groups is 1. The number of carbonyl (C=O) groups excluding carboxylic acids is 3. The van der Waals surface area contributed by atoms with Crippen LogP contribution in [-0.2, 0) is 42.2 Å². The fourth-order valence-electron chi connectivity index (χ4n) is 8.86. The van der Waals surface area contributed by atoms with Crippen LogP contribution in [0.2, 0.25) is 0 Å². The van der Waals surface area contributed by atoms with Gasteiger partial charge in [-0.2, -0.15) is 0 Å². The van der Waals surface area contributed by atoms with Gasteiger partial charge in [-0.3, -0.25) is 23.4 Å². The average molecular weight is 1120 g/mol. The summed E-state index contributed by atoms with van der Waals surface area (Å²) in [5.74, 6) is -1.48. The van der Waals surface area contributed by atoms with Crippen molar-refractivity contribution in [1.29, 1.82) is 0 Å². The summed E-state index contributed by atoms with van der Waals surface area (Å²) >= 11 is 0. The number of carbonyl (C=O) groups is 3. The van der Waals surface area contributed by atoms with Crippen molar-refractivity contribution >= 4 is 25.7 Å². The third-order valence-electron chi connectivity index (χ3n) is 13.6. The van der Waals surface area contributed by atoms with Crippen molar-refractivity contribution < 1.29 is 52.2 Å².